The molecule has 0 bridgehead atoms. The average molecular weight is 642 g/mol. The van der Waals surface area contributed by atoms with Gasteiger partial charge in [0.15, 0.2) is 5.65 Å². The number of imidazole rings is 1. The van der Waals surface area contributed by atoms with E-state index in [2.05, 4.69) is 29.4 Å². The van der Waals surface area contributed by atoms with Gasteiger partial charge in [-0.1, -0.05) is 63.9 Å². The number of nitrogens with zero attached hydrogens (tertiary/aromatic N) is 4. The smallest absolute Gasteiger partial charge is 0.255 e. The number of pyridine rings is 1. The van der Waals surface area contributed by atoms with E-state index in [0.717, 1.165) is 80.0 Å². The zero-order chi connectivity index (χ0) is 31.8. The maximum absolute atomic E-state index is 13.8. The topological polar surface area (TPSA) is 92.2 Å². The molecule has 1 aromatic carbocycles. The van der Waals surface area contributed by atoms with E-state index in [-0.39, 0.29) is 17.9 Å². The van der Waals surface area contributed by atoms with Gasteiger partial charge >= 0.3 is 0 Å². The molecule has 0 spiro atoms. The molecular weight excluding hydrogens is 595 g/mol. The Morgan fingerprint density at radius 2 is 1.64 bits per heavy atom. The second-order valence-corrected chi connectivity index (χ2v) is 14.8. The molecule has 44 heavy (non-hydrogen) atoms. The number of anilines is 1. The Balaban J connectivity index is 1.46. The lowest BCUT2D eigenvalue weighted by Gasteiger charge is -2.33. The van der Waals surface area contributed by atoms with Crippen LogP contribution >= 0.6 is 23.2 Å². The van der Waals surface area contributed by atoms with Gasteiger partial charge in [-0.2, -0.15) is 0 Å². The molecular formula is C34H46Cl2N6O2. The van der Waals surface area contributed by atoms with Gasteiger partial charge in [0.05, 0.1) is 10.6 Å². The van der Waals surface area contributed by atoms with E-state index in [9.17, 15) is 9.59 Å². The number of carbonyl (C=O) groups is 2. The van der Waals surface area contributed by atoms with Crippen molar-refractivity contribution in [1.82, 2.24) is 25.2 Å². The minimum absolute atomic E-state index is 0.0525. The van der Waals surface area contributed by atoms with Crippen LogP contribution in [0.4, 0.5) is 5.82 Å². The molecule has 238 valence electrons. The van der Waals surface area contributed by atoms with Crippen LogP contribution in [0.5, 0.6) is 0 Å². The lowest BCUT2D eigenvalue weighted by Crippen LogP contribution is -2.39. The number of rotatable bonds is 7. The van der Waals surface area contributed by atoms with Crippen LogP contribution in [-0.2, 0) is 24.8 Å². The quantitative estimate of drug-likeness (QED) is 0.288. The molecule has 1 saturated heterocycles. The molecule has 0 unspecified atom stereocenters. The SMILES string of the molecule is CC1CCC(NC(=O)c2cc3nc(Cc4c(Cl)ccc(CNC(=O)C(C)(C)C)c4Cl)n(C)c3nc2N2CCC(C)CC2)CC1. The van der Waals surface area contributed by atoms with E-state index in [1.807, 2.05) is 50.6 Å². The summed E-state index contributed by atoms with van der Waals surface area (Å²) in [6, 6.07) is 5.75. The fraction of sp³-hybridized carbons (Fsp3) is 0.588. The highest BCUT2D eigenvalue weighted by Gasteiger charge is 2.28. The highest BCUT2D eigenvalue weighted by atomic mass is 35.5. The Kier molecular flexibility index (Phi) is 9.81. The van der Waals surface area contributed by atoms with Crippen LogP contribution in [0.1, 0.15) is 100 Å². The second-order valence-electron chi connectivity index (χ2n) is 14.0. The van der Waals surface area contributed by atoms with Crippen LogP contribution in [0.2, 0.25) is 10.0 Å². The van der Waals surface area contributed by atoms with Crippen molar-refractivity contribution in [2.45, 2.75) is 92.2 Å². The highest BCUT2D eigenvalue weighted by Crippen LogP contribution is 2.33. The van der Waals surface area contributed by atoms with Gasteiger partial charge in [0.25, 0.3) is 5.91 Å². The first-order chi connectivity index (χ1) is 20.8. The van der Waals surface area contributed by atoms with Gasteiger partial charge in [-0.25, -0.2) is 9.97 Å². The molecule has 0 atom stereocenters. The number of hydrogen-bond donors (Lipinski definition) is 2. The number of hydrogen-bond acceptors (Lipinski definition) is 5. The van der Waals surface area contributed by atoms with Crippen molar-refractivity contribution in [3.05, 3.63) is 50.8 Å². The fourth-order valence-electron chi connectivity index (χ4n) is 6.15. The summed E-state index contributed by atoms with van der Waals surface area (Å²) in [7, 11) is 1.94. The molecule has 2 aliphatic rings. The van der Waals surface area contributed by atoms with E-state index >= 15 is 0 Å². The molecule has 8 nitrogen and oxygen atoms in total. The van der Waals surface area contributed by atoms with E-state index in [1.165, 1.54) is 0 Å². The van der Waals surface area contributed by atoms with Crippen LogP contribution in [0, 0.1) is 17.3 Å². The summed E-state index contributed by atoms with van der Waals surface area (Å²) in [4.78, 5) is 38.5. The number of aromatic nitrogens is 3. The highest BCUT2D eigenvalue weighted by molar-refractivity contribution is 6.36. The maximum Gasteiger partial charge on any atom is 0.255 e. The fourth-order valence-corrected chi connectivity index (χ4v) is 6.72. The van der Waals surface area contributed by atoms with Crippen molar-refractivity contribution in [1.29, 1.82) is 0 Å². The number of fused-ring (bicyclic) bond motifs is 1. The Hall–Kier alpha value is -2.84. The van der Waals surface area contributed by atoms with Gasteiger partial charge in [0.2, 0.25) is 5.91 Å². The number of carbonyl (C=O) groups excluding carboxylic acids is 2. The number of benzene rings is 1. The van der Waals surface area contributed by atoms with Crippen LogP contribution < -0.4 is 15.5 Å². The molecule has 1 aliphatic heterocycles. The van der Waals surface area contributed by atoms with Crippen molar-refractivity contribution in [2.75, 3.05) is 18.0 Å². The molecule has 0 radical (unpaired) electrons. The first-order valence-corrected chi connectivity index (χ1v) is 16.7. The zero-order valence-corrected chi connectivity index (χ0v) is 28.4. The summed E-state index contributed by atoms with van der Waals surface area (Å²) in [6.45, 7) is 12.2. The van der Waals surface area contributed by atoms with Gasteiger partial charge in [0, 0.05) is 49.6 Å². The number of nitrogens with one attached hydrogen (secondary N) is 2. The average Bonchev–Trinajstić information content (AvgIpc) is 3.29. The summed E-state index contributed by atoms with van der Waals surface area (Å²) in [6.07, 6.45) is 6.81. The predicted molar refractivity (Wildman–Crippen MR) is 179 cm³/mol. The largest absolute Gasteiger partial charge is 0.356 e. The third kappa shape index (κ3) is 7.17. The first-order valence-electron chi connectivity index (χ1n) is 16.0. The number of piperidine rings is 1. The molecule has 10 heteroatoms. The van der Waals surface area contributed by atoms with E-state index < -0.39 is 5.41 Å². The van der Waals surface area contributed by atoms with Crippen molar-refractivity contribution in [2.24, 2.45) is 24.3 Å². The van der Waals surface area contributed by atoms with E-state index in [1.54, 1.807) is 0 Å². The van der Waals surface area contributed by atoms with Crippen molar-refractivity contribution >= 4 is 52.0 Å². The second kappa shape index (κ2) is 13.3. The minimum atomic E-state index is -0.502. The van der Waals surface area contributed by atoms with Crippen LogP contribution in [0.3, 0.4) is 0 Å². The standard InChI is InChI=1S/C34H46Cl2N6O2/c1-20-7-10-23(11-8-20)38-32(43)25-17-27-31(40-30(25)42-15-13-21(2)14-16-42)41(6)28(39-27)18-24-26(35)12-9-22(29(24)36)19-37-33(44)34(3,4)5/h9,12,17,20-21,23H,7-8,10-11,13-16,18-19H2,1-6H3,(H,37,44)(H,38,43). The normalized spacial score (nSPS) is 19.8. The van der Waals surface area contributed by atoms with Gasteiger partial charge in [-0.05, 0) is 73.6 Å². The molecule has 1 saturated carbocycles. The van der Waals surface area contributed by atoms with Crippen LogP contribution in [0.15, 0.2) is 18.2 Å². The van der Waals surface area contributed by atoms with Gasteiger partial charge in [-0.3, -0.25) is 9.59 Å². The summed E-state index contributed by atoms with van der Waals surface area (Å²) >= 11 is 13.5. The van der Waals surface area contributed by atoms with Gasteiger partial charge < -0.3 is 20.1 Å². The van der Waals surface area contributed by atoms with Crippen LogP contribution in [0.25, 0.3) is 11.2 Å². The minimum Gasteiger partial charge on any atom is -0.356 e. The van der Waals surface area contributed by atoms with Gasteiger partial charge in [-0.15, -0.1) is 0 Å². The van der Waals surface area contributed by atoms with Crippen molar-refractivity contribution < 1.29 is 9.59 Å². The number of aryl methyl sites for hydroxylation is 1. The summed E-state index contributed by atoms with van der Waals surface area (Å²) in [5.74, 6) is 2.72. The summed E-state index contributed by atoms with van der Waals surface area (Å²) in [5.41, 5.74) is 3.00. The molecule has 2 fully saturated rings. The molecule has 5 rings (SSSR count). The Labute approximate surface area is 271 Å². The molecule has 3 aromatic rings. The first kappa shape index (κ1) is 32.6. The molecule has 2 N–H and O–H groups in total. The van der Waals surface area contributed by atoms with Gasteiger partial charge in [0.1, 0.15) is 17.2 Å². The van der Waals surface area contributed by atoms with E-state index in [0.29, 0.717) is 45.9 Å². The molecule has 1 aliphatic carbocycles. The van der Waals surface area contributed by atoms with E-state index in [4.69, 9.17) is 33.2 Å². The molecule has 3 heterocycles. The monoisotopic (exact) mass is 640 g/mol. The third-order valence-corrected chi connectivity index (χ3v) is 10.1. The lowest BCUT2D eigenvalue weighted by atomic mass is 9.87. The number of amides is 2. The number of halogens is 2. The third-order valence-electron chi connectivity index (χ3n) is 9.32. The maximum atomic E-state index is 13.8. The Morgan fingerprint density at radius 3 is 2.30 bits per heavy atom. The Morgan fingerprint density at radius 1 is 0.977 bits per heavy atom. The zero-order valence-electron chi connectivity index (χ0n) is 26.9. The summed E-state index contributed by atoms with van der Waals surface area (Å²) < 4.78 is 1.97. The van der Waals surface area contributed by atoms with Crippen molar-refractivity contribution in [3.63, 3.8) is 0 Å². The summed E-state index contributed by atoms with van der Waals surface area (Å²) in [5, 5.41) is 7.33. The van der Waals surface area contributed by atoms with Crippen LogP contribution in [-0.4, -0.2) is 45.5 Å². The Bertz CT molecular complexity index is 1530. The lowest BCUT2D eigenvalue weighted by molar-refractivity contribution is -0.128. The van der Waals surface area contributed by atoms with Crippen molar-refractivity contribution in [3.8, 4) is 0 Å². The molecule has 2 aromatic heterocycles. The molecule has 2 amide bonds. The predicted octanol–water partition coefficient (Wildman–Crippen LogP) is 7.07.